The van der Waals surface area contributed by atoms with Crippen LogP contribution in [0.5, 0.6) is 0 Å². The third-order valence-corrected chi connectivity index (χ3v) is 3.65. The van der Waals surface area contributed by atoms with Crippen LogP contribution in [0.25, 0.3) is 11.5 Å². The van der Waals surface area contributed by atoms with Crippen LogP contribution in [-0.4, -0.2) is 21.7 Å². The third-order valence-electron chi connectivity index (χ3n) is 3.65. The van der Waals surface area contributed by atoms with Crippen LogP contribution in [0.2, 0.25) is 0 Å². The topological polar surface area (TPSA) is 77.8 Å². The van der Waals surface area contributed by atoms with E-state index in [-0.39, 0.29) is 0 Å². The summed E-state index contributed by atoms with van der Waals surface area (Å²) in [6, 6.07) is 3.91. The fourth-order valence-corrected chi connectivity index (χ4v) is 2.52. The zero-order valence-corrected chi connectivity index (χ0v) is 12.9. The number of pyridine rings is 1. The highest BCUT2D eigenvalue weighted by Crippen LogP contribution is 2.19. The standard InChI is InChI=1S/C16H24N4O/c1-3-4-13(7-9-17)5-6-15-19-16(20-21-15)14-11-12(2)8-10-18-14/h8,10-11,13H,3-7,9,17H2,1-2H3. The van der Waals surface area contributed by atoms with E-state index in [1.807, 2.05) is 19.1 Å². The molecule has 0 amide bonds. The van der Waals surface area contributed by atoms with Gasteiger partial charge in [-0.2, -0.15) is 4.98 Å². The molecule has 2 rings (SSSR count). The van der Waals surface area contributed by atoms with Crippen LogP contribution in [-0.2, 0) is 6.42 Å². The third kappa shape index (κ3) is 4.63. The zero-order chi connectivity index (χ0) is 15.1. The Kier molecular flexibility index (Phi) is 5.87. The van der Waals surface area contributed by atoms with Gasteiger partial charge in [-0.3, -0.25) is 4.98 Å². The molecule has 2 aromatic heterocycles. The van der Waals surface area contributed by atoms with Crippen molar-refractivity contribution in [2.75, 3.05) is 6.54 Å². The number of aromatic nitrogens is 3. The number of nitrogens with zero attached hydrogens (tertiary/aromatic N) is 3. The van der Waals surface area contributed by atoms with Crippen molar-refractivity contribution in [3.63, 3.8) is 0 Å². The molecule has 114 valence electrons. The summed E-state index contributed by atoms with van der Waals surface area (Å²) in [7, 11) is 0. The fourth-order valence-electron chi connectivity index (χ4n) is 2.52. The molecule has 5 heteroatoms. The number of nitrogens with two attached hydrogens (primary N) is 1. The molecule has 2 N–H and O–H groups in total. The van der Waals surface area contributed by atoms with Crippen molar-refractivity contribution < 1.29 is 4.52 Å². The number of rotatable bonds is 8. The summed E-state index contributed by atoms with van der Waals surface area (Å²) in [5.41, 5.74) is 7.56. The molecule has 0 saturated carbocycles. The van der Waals surface area contributed by atoms with Gasteiger partial charge in [0.15, 0.2) is 0 Å². The molecule has 0 bridgehead atoms. The molecule has 2 heterocycles. The van der Waals surface area contributed by atoms with Gasteiger partial charge in [0.2, 0.25) is 11.7 Å². The van der Waals surface area contributed by atoms with E-state index in [2.05, 4.69) is 22.0 Å². The van der Waals surface area contributed by atoms with Crippen molar-refractivity contribution in [3.8, 4) is 11.5 Å². The van der Waals surface area contributed by atoms with E-state index in [0.29, 0.717) is 17.6 Å². The minimum absolute atomic E-state index is 0.569. The molecular formula is C16H24N4O. The molecule has 5 nitrogen and oxygen atoms in total. The van der Waals surface area contributed by atoms with Gasteiger partial charge in [0.05, 0.1) is 0 Å². The summed E-state index contributed by atoms with van der Waals surface area (Å²) in [5.74, 6) is 1.90. The lowest BCUT2D eigenvalue weighted by molar-refractivity contribution is 0.349. The SMILES string of the molecule is CCCC(CCN)CCc1nc(-c2cc(C)ccn2)no1. The molecule has 21 heavy (non-hydrogen) atoms. The van der Waals surface area contributed by atoms with Gasteiger partial charge in [-0.25, -0.2) is 0 Å². The van der Waals surface area contributed by atoms with E-state index in [1.165, 1.54) is 12.8 Å². The Morgan fingerprint density at radius 2 is 2.14 bits per heavy atom. The second-order valence-corrected chi connectivity index (χ2v) is 5.50. The molecule has 1 atom stereocenters. The van der Waals surface area contributed by atoms with Crippen molar-refractivity contribution in [2.45, 2.75) is 46.0 Å². The summed E-state index contributed by atoms with van der Waals surface area (Å²) >= 11 is 0. The van der Waals surface area contributed by atoms with Crippen LogP contribution in [0.15, 0.2) is 22.9 Å². The van der Waals surface area contributed by atoms with Crippen molar-refractivity contribution in [1.82, 2.24) is 15.1 Å². The van der Waals surface area contributed by atoms with Crippen LogP contribution < -0.4 is 5.73 Å². The predicted octanol–water partition coefficient (Wildman–Crippen LogP) is 3.14. The number of hydrogen-bond acceptors (Lipinski definition) is 5. The molecule has 0 aliphatic rings. The van der Waals surface area contributed by atoms with E-state index in [1.54, 1.807) is 6.20 Å². The fraction of sp³-hybridized carbons (Fsp3) is 0.562. The average Bonchev–Trinajstić information content (AvgIpc) is 2.94. The van der Waals surface area contributed by atoms with Gasteiger partial charge < -0.3 is 10.3 Å². The highest BCUT2D eigenvalue weighted by molar-refractivity contribution is 5.48. The molecule has 1 unspecified atom stereocenters. The molecule has 0 spiro atoms. The van der Waals surface area contributed by atoms with E-state index >= 15 is 0 Å². The second-order valence-electron chi connectivity index (χ2n) is 5.50. The Morgan fingerprint density at radius 1 is 1.29 bits per heavy atom. The van der Waals surface area contributed by atoms with Gasteiger partial charge in [-0.05, 0) is 49.9 Å². The molecular weight excluding hydrogens is 264 g/mol. The molecule has 0 aliphatic heterocycles. The molecule has 2 aromatic rings. The maximum absolute atomic E-state index is 5.66. The Morgan fingerprint density at radius 3 is 2.86 bits per heavy atom. The Hall–Kier alpha value is -1.75. The van der Waals surface area contributed by atoms with Gasteiger partial charge >= 0.3 is 0 Å². The van der Waals surface area contributed by atoms with Gasteiger partial charge in [-0.1, -0.05) is 24.9 Å². The second kappa shape index (κ2) is 7.88. The highest BCUT2D eigenvalue weighted by atomic mass is 16.5. The van der Waals surface area contributed by atoms with Crippen LogP contribution in [0.4, 0.5) is 0 Å². The average molecular weight is 288 g/mol. The van der Waals surface area contributed by atoms with Crippen molar-refractivity contribution in [2.24, 2.45) is 11.7 Å². The Labute approximate surface area is 126 Å². The summed E-state index contributed by atoms with van der Waals surface area (Å²) < 4.78 is 5.33. The van der Waals surface area contributed by atoms with E-state index in [9.17, 15) is 0 Å². The van der Waals surface area contributed by atoms with Gasteiger partial charge in [0.1, 0.15) is 5.69 Å². The molecule has 0 radical (unpaired) electrons. The minimum atomic E-state index is 0.569. The smallest absolute Gasteiger partial charge is 0.227 e. The largest absolute Gasteiger partial charge is 0.339 e. The van der Waals surface area contributed by atoms with Crippen molar-refractivity contribution >= 4 is 0 Å². The highest BCUT2D eigenvalue weighted by Gasteiger charge is 2.13. The summed E-state index contributed by atoms with van der Waals surface area (Å²) in [6.45, 7) is 4.97. The lowest BCUT2D eigenvalue weighted by atomic mass is 9.94. The minimum Gasteiger partial charge on any atom is -0.339 e. The predicted molar refractivity (Wildman–Crippen MR) is 82.7 cm³/mol. The normalized spacial score (nSPS) is 12.5. The first-order valence-electron chi connectivity index (χ1n) is 7.68. The maximum Gasteiger partial charge on any atom is 0.227 e. The summed E-state index contributed by atoms with van der Waals surface area (Å²) in [4.78, 5) is 8.72. The summed E-state index contributed by atoms with van der Waals surface area (Å²) in [6.07, 6.45) is 7.08. The quantitative estimate of drug-likeness (QED) is 0.807. The van der Waals surface area contributed by atoms with E-state index in [4.69, 9.17) is 10.3 Å². The lowest BCUT2D eigenvalue weighted by Crippen LogP contribution is -2.09. The van der Waals surface area contributed by atoms with Crippen LogP contribution >= 0.6 is 0 Å². The van der Waals surface area contributed by atoms with Crippen molar-refractivity contribution in [3.05, 3.63) is 29.8 Å². The lowest BCUT2D eigenvalue weighted by Gasteiger charge is -2.13. The molecule has 0 aromatic carbocycles. The monoisotopic (exact) mass is 288 g/mol. The van der Waals surface area contributed by atoms with Gasteiger partial charge in [0, 0.05) is 12.6 Å². The van der Waals surface area contributed by atoms with E-state index in [0.717, 1.165) is 37.1 Å². The van der Waals surface area contributed by atoms with Crippen LogP contribution in [0.3, 0.4) is 0 Å². The first-order chi connectivity index (χ1) is 10.2. The Bertz CT molecular complexity index is 547. The van der Waals surface area contributed by atoms with Crippen LogP contribution in [0.1, 0.15) is 44.1 Å². The van der Waals surface area contributed by atoms with Gasteiger partial charge in [0.25, 0.3) is 0 Å². The first-order valence-corrected chi connectivity index (χ1v) is 7.68. The molecule has 0 fully saturated rings. The zero-order valence-electron chi connectivity index (χ0n) is 12.9. The summed E-state index contributed by atoms with van der Waals surface area (Å²) in [5, 5.41) is 4.02. The van der Waals surface area contributed by atoms with E-state index < -0.39 is 0 Å². The van der Waals surface area contributed by atoms with Gasteiger partial charge in [-0.15, -0.1) is 0 Å². The number of aryl methyl sites for hydroxylation is 2. The Balaban J connectivity index is 1.96. The van der Waals surface area contributed by atoms with Crippen molar-refractivity contribution in [1.29, 1.82) is 0 Å². The molecule has 0 aliphatic carbocycles. The maximum atomic E-state index is 5.66. The first kappa shape index (κ1) is 15.6. The number of hydrogen-bond donors (Lipinski definition) is 1. The molecule has 0 saturated heterocycles. The van der Waals surface area contributed by atoms with Crippen LogP contribution in [0, 0.1) is 12.8 Å².